The number of hydrogen-bond acceptors (Lipinski definition) is 3. The van der Waals surface area contributed by atoms with Crippen molar-refractivity contribution in [2.24, 2.45) is 0 Å². The van der Waals surface area contributed by atoms with Crippen molar-refractivity contribution in [2.75, 3.05) is 18.6 Å². The average Bonchev–Trinajstić information content (AvgIpc) is 2.38. The van der Waals surface area contributed by atoms with Crippen molar-refractivity contribution < 1.29 is 9.13 Å². The van der Waals surface area contributed by atoms with E-state index < -0.39 is 0 Å². The number of nitrogens with two attached hydrogens (primary N) is 2. The number of benzene rings is 2. The van der Waals surface area contributed by atoms with Gasteiger partial charge in [0.1, 0.15) is 11.6 Å². The summed E-state index contributed by atoms with van der Waals surface area (Å²) in [7, 11) is 1.52. The molecule has 3 nitrogen and oxygen atoms in total. The molecule has 0 aliphatic heterocycles. The Morgan fingerprint density at radius 1 is 1.21 bits per heavy atom. The predicted molar refractivity (Wildman–Crippen MR) is 76.0 cm³/mol. The second kappa shape index (κ2) is 5.36. The van der Waals surface area contributed by atoms with Gasteiger partial charge in [0.05, 0.1) is 23.5 Å². The van der Waals surface area contributed by atoms with Crippen molar-refractivity contribution in [3.63, 3.8) is 0 Å². The molecule has 0 aliphatic rings. The Bertz CT molecular complexity index is 599. The van der Waals surface area contributed by atoms with Gasteiger partial charge in [-0.1, -0.05) is 23.7 Å². The topological polar surface area (TPSA) is 61.3 Å². The summed E-state index contributed by atoms with van der Waals surface area (Å²) in [5.41, 5.74) is 14.2. The summed E-state index contributed by atoms with van der Waals surface area (Å²) >= 11 is 6.08. The maximum absolute atomic E-state index is 12.9. The van der Waals surface area contributed by atoms with Gasteiger partial charge in [-0.2, -0.15) is 0 Å². The van der Waals surface area contributed by atoms with Gasteiger partial charge < -0.3 is 16.2 Å². The second-order valence-electron chi connectivity index (χ2n) is 4.18. The van der Waals surface area contributed by atoms with E-state index in [2.05, 4.69) is 0 Å². The molecule has 2 aromatic rings. The van der Waals surface area contributed by atoms with Gasteiger partial charge in [-0.15, -0.1) is 0 Å². The van der Waals surface area contributed by atoms with Crippen LogP contribution in [0.2, 0.25) is 5.02 Å². The molecule has 5 heteroatoms. The van der Waals surface area contributed by atoms with Crippen LogP contribution in [0.15, 0.2) is 30.3 Å². The van der Waals surface area contributed by atoms with E-state index in [0.29, 0.717) is 34.1 Å². The summed E-state index contributed by atoms with van der Waals surface area (Å²) in [4.78, 5) is 0. The average molecular weight is 281 g/mol. The third-order valence-electron chi connectivity index (χ3n) is 2.91. The first kappa shape index (κ1) is 13.5. The molecule has 0 saturated carbocycles. The summed E-state index contributed by atoms with van der Waals surface area (Å²) in [6.45, 7) is 0. The smallest absolute Gasteiger partial charge is 0.143 e. The van der Waals surface area contributed by atoms with E-state index in [-0.39, 0.29) is 5.82 Å². The van der Waals surface area contributed by atoms with Crippen LogP contribution in [0.25, 0.3) is 0 Å². The monoisotopic (exact) mass is 280 g/mol. The molecule has 0 aromatic heterocycles. The summed E-state index contributed by atoms with van der Waals surface area (Å²) in [5, 5.41) is 0.409. The van der Waals surface area contributed by atoms with Crippen LogP contribution in [0.3, 0.4) is 0 Å². The van der Waals surface area contributed by atoms with Crippen LogP contribution in [0, 0.1) is 5.82 Å². The molecule has 2 rings (SSSR count). The minimum Gasteiger partial charge on any atom is -0.495 e. The fourth-order valence-corrected chi connectivity index (χ4v) is 2.23. The van der Waals surface area contributed by atoms with Gasteiger partial charge in [-0.05, 0) is 23.8 Å². The van der Waals surface area contributed by atoms with Gasteiger partial charge in [0.15, 0.2) is 0 Å². The number of nitrogen functional groups attached to an aromatic ring is 2. The molecule has 0 spiro atoms. The third-order valence-corrected chi connectivity index (χ3v) is 3.19. The first-order valence-corrected chi connectivity index (χ1v) is 6.05. The van der Waals surface area contributed by atoms with Crippen LogP contribution in [0.5, 0.6) is 5.75 Å². The maximum atomic E-state index is 12.9. The Morgan fingerprint density at radius 3 is 2.42 bits per heavy atom. The highest BCUT2D eigenvalue weighted by Gasteiger charge is 2.15. The van der Waals surface area contributed by atoms with Crippen molar-refractivity contribution in [2.45, 2.75) is 6.42 Å². The Balaban J connectivity index is 2.46. The van der Waals surface area contributed by atoms with E-state index in [1.807, 2.05) is 0 Å². The third kappa shape index (κ3) is 2.74. The van der Waals surface area contributed by atoms with Gasteiger partial charge in [0, 0.05) is 12.0 Å². The van der Waals surface area contributed by atoms with Crippen LogP contribution in [0.1, 0.15) is 11.1 Å². The second-order valence-corrected chi connectivity index (χ2v) is 4.58. The van der Waals surface area contributed by atoms with Gasteiger partial charge >= 0.3 is 0 Å². The molecule has 0 unspecified atom stereocenters. The standard InChI is InChI=1S/C14H14ClFN2O/c1-19-14-10(13(18)12(17)7-11(14)15)6-8-2-4-9(16)5-3-8/h2-5,7H,6,17-18H2,1H3. The van der Waals surface area contributed by atoms with Crippen LogP contribution >= 0.6 is 11.6 Å². The molecule has 0 heterocycles. The Kier molecular flexibility index (Phi) is 3.81. The van der Waals surface area contributed by atoms with Crippen molar-refractivity contribution in [3.05, 3.63) is 52.3 Å². The zero-order valence-electron chi connectivity index (χ0n) is 10.4. The molecular weight excluding hydrogens is 267 g/mol. The summed E-state index contributed by atoms with van der Waals surface area (Å²) in [6.07, 6.45) is 0.472. The van der Waals surface area contributed by atoms with Crippen LogP contribution in [0.4, 0.5) is 15.8 Å². The Hall–Kier alpha value is -1.94. The van der Waals surface area contributed by atoms with Gasteiger partial charge in [-0.25, -0.2) is 4.39 Å². The van der Waals surface area contributed by atoms with Crippen molar-refractivity contribution >= 4 is 23.0 Å². The quantitative estimate of drug-likeness (QED) is 0.849. The minimum atomic E-state index is -0.283. The lowest BCUT2D eigenvalue weighted by molar-refractivity contribution is 0.411. The van der Waals surface area contributed by atoms with Crippen LogP contribution in [-0.4, -0.2) is 7.11 Å². The van der Waals surface area contributed by atoms with Crippen LogP contribution in [-0.2, 0) is 6.42 Å². The number of ether oxygens (including phenoxy) is 1. The molecule has 0 atom stereocenters. The number of rotatable bonds is 3. The molecular formula is C14H14ClFN2O. The molecule has 0 fully saturated rings. The first-order valence-electron chi connectivity index (χ1n) is 5.67. The van der Waals surface area contributed by atoms with Gasteiger partial charge in [0.2, 0.25) is 0 Å². The van der Waals surface area contributed by atoms with Gasteiger partial charge in [-0.3, -0.25) is 0 Å². The summed E-state index contributed by atoms with van der Waals surface area (Å²) in [5.74, 6) is 0.215. The van der Waals surface area contributed by atoms with E-state index in [4.69, 9.17) is 27.8 Å². The molecule has 0 aliphatic carbocycles. The van der Waals surface area contributed by atoms with E-state index in [0.717, 1.165) is 5.56 Å². The first-order chi connectivity index (χ1) is 9.02. The van der Waals surface area contributed by atoms with E-state index in [1.165, 1.54) is 19.2 Å². The van der Waals surface area contributed by atoms with E-state index >= 15 is 0 Å². The number of hydrogen-bond donors (Lipinski definition) is 2. The molecule has 100 valence electrons. The Morgan fingerprint density at radius 2 is 1.84 bits per heavy atom. The Labute approximate surface area is 115 Å². The molecule has 19 heavy (non-hydrogen) atoms. The SMILES string of the molecule is COc1c(Cl)cc(N)c(N)c1Cc1ccc(F)cc1. The van der Waals surface area contributed by atoms with Crippen LogP contribution < -0.4 is 16.2 Å². The zero-order chi connectivity index (χ0) is 14.0. The van der Waals surface area contributed by atoms with E-state index in [9.17, 15) is 4.39 Å². The summed E-state index contributed by atoms with van der Waals surface area (Å²) in [6, 6.07) is 7.72. The fraction of sp³-hybridized carbons (Fsp3) is 0.143. The molecule has 4 N–H and O–H groups in total. The van der Waals surface area contributed by atoms with Crippen molar-refractivity contribution in [1.82, 2.24) is 0 Å². The lowest BCUT2D eigenvalue weighted by atomic mass is 10.0. The molecule has 0 bridgehead atoms. The maximum Gasteiger partial charge on any atom is 0.143 e. The number of anilines is 2. The lowest BCUT2D eigenvalue weighted by Gasteiger charge is -2.15. The number of halogens is 2. The van der Waals surface area contributed by atoms with E-state index in [1.54, 1.807) is 18.2 Å². The summed E-state index contributed by atoms with van der Waals surface area (Å²) < 4.78 is 18.2. The highest BCUT2D eigenvalue weighted by atomic mass is 35.5. The predicted octanol–water partition coefficient (Wildman–Crippen LogP) is 3.24. The van der Waals surface area contributed by atoms with Crippen molar-refractivity contribution in [3.8, 4) is 5.75 Å². The highest BCUT2D eigenvalue weighted by Crippen LogP contribution is 2.38. The van der Waals surface area contributed by atoms with Crippen molar-refractivity contribution in [1.29, 1.82) is 0 Å². The minimum absolute atomic E-state index is 0.283. The molecule has 0 amide bonds. The lowest BCUT2D eigenvalue weighted by Crippen LogP contribution is -2.04. The number of methoxy groups -OCH3 is 1. The zero-order valence-corrected chi connectivity index (χ0v) is 11.2. The highest BCUT2D eigenvalue weighted by molar-refractivity contribution is 6.32. The largest absolute Gasteiger partial charge is 0.495 e. The molecule has 0 radical (unpaired) electrons. The van der Waals surface area contributed by atoms with Gasteiger partial charge in [0.25, 0.3) is 0 Å². The molecule has 0 saturated heterocycles. The fourth-order valence-electron chi connectivity index (χ4n) is 1.92. The molecule has 2 aromatic carbocycles. The normalized spacial score (nSPS) is 10.5.